The van der Waals surface area contributed by atoms with Crippen molar-refractivity contribution in [3.8, 4) is 0 Å². The average Bonchev–Trinajstić information content (AvgIpc) is 2.33. The summed E-state index contributed by atoms with van der Waals surface area (Å²) >= 11 is 3.47. The Morgan fingerprint density at radius 3 is 2.76 bits per heavy atom. The summed E-state index contributed by atoms with van der Waals surface area (Å²) in [5.74, 6) is -0.155. The maximum absolute atomic E-state index is 13.1. The monoisotopic (exact) mass is 301 g/mol. The minimum Gasteiger partial charge on any atom is -0.314 e. The smallest absolute Gasteiger partial charge is 0.123 e. The van der Waals surface area contributed by atoms with Crippen LogP contribution in [0.25, 0.3) is 0 Å². The number of halogens is 2. The van der Waals surface area contributed by atoms with E-state index in [0.29, 0.717) is 6.04 Å². The topological polar surface area (TPSA) is 12.0 Å². The molecule has 1 rings (SSSR count). The van der Waals surface area contributed by atoms with Gasteiger partial charge in [0.1, 0.15) is 5.82 Å². The van der Waals surface area contributed by atoms with Gasteiger partial charge in [-0.1, -0.05) is 29.8 Å². The van der Waals surface area contributed by atoms with Crippen molar-refractivity contribution in [2.24, 2.45) is 0 Å². The lowest BCUT2D eigenvalue weighted by molar-refractivity contribution is 0.467. The summed E-state index contributed by atoms with van der Waals surface area (Å²) in [5, 5.41) is 3.51. The van der Waals surface area contributed by atoms with E-state index in [4.69, 9.17) is 0 Å². The maximum Gasteiger partial charge on any atom is 0.123 e. The van der Waals surface area contributed by atoms with Crippen LogP contribution in [-0.4, -0.2) is 12.6 Å². The third-order valence-electron chi connectivity index (χ3n) is 2.95. The van der Waals surface area contributed by atoms with Crippen LogP contribution < -0.4 is 5.32 Å². The molecule has 1 atom stereocenters. The SMILES string of the molecule is CCCNC(CC)CCc1cc(F)ccc1Br. The molecule has 0 radical (unpaired) electrons. The van der Waals surface area contributed by atoms with Crippen molar-refractivity contribution >= 4 is 15.9 Å². The van der Waals surface area contributed by atoms with Crippen molar-refractivity contribution in [1.82, 2.24) is 5.32 Å². The molecule has 1 N–H and O–H groups in total. The third-order valence-corrected chi connectivity index (χ3v) is 3.72. The van der Waals surface area contributed by atoms with E-state index < -0.39 is 0 Å². The average molecular weight is 302 g/mol. The van der Waals surface area contributed by atoms with E-state index in [9.17, 15) is 4.39 Å². The van der Waals surface area contributed by atoms with Gasteiger partial charge < -0.3 is 5.32 Å². The molecule has 0 amide bonds. The van der Waals surface area contributed by atoms with Gasteiger partial charge in [0.25, 0.3) is 0 Å². The zero-order valence-corrected chi connectivity index (χ0v) is 12.2. The normalized spacial score (nSPS) is 12.7. The molecule has 0 aliphatic heterocycles. The molecule has 1 aromatic carbocycles. The molecule has 1 nitrogen and oxygen atoms in total. The standard InChI is InChI=1S/C14H21BrFN/c1-3-9-17-13(4-2)7-5-11-10-12(16)6-8-14(11)15/h6,8,10,13,17H,3-5,7,9H2,1-2H3. The molecule has 1 unspecified atom stereocenters. The fraction of sp³-hybridized carbons (Fsp3) is 0.571. The van der Waals surface area contributed by atoms with E-state index in [1.165, 1.54) is 6.07 Å². The van der Waals surface area contributed by atoms with E-state index in [2.05, 4.69) is 35.1 Å². The van der Waals surface area contributed by atoms with Crippen LogP contribution in [0, 0.1) is 5.82 Å². The van der Waals surface area contributed by atoms with Gasteiger partial charge in [0.05, 0.1) is 0 Å². The minimum atomic E-state index is -0.155. The van der Waals surface area contributed by atoms with E-state index in [-0.39, 0.29) is 5.82 Å². The molecule has 0 heterocycles. The summed E-state index contributed by atoms with van der Waals surface area (Å²) in [6, 6.07) is 5.42. The Kier molecular flexibility index (Phi) is 6.75. The van der Waals surface area contributed by atoms with Crippen LogP contribution in [0.5, 0.6) is 0 Å². The predicted octanol–water partition coefficient (Wildman–Crippen LogP) is 4.30. The Labute approximate surface area is 112 Å². The molecule has 96 valence electrons. The van der Waals surface area contributed by atoms with Crippen LogP contribution in [0.4, 0.5) is 4.39 Å². The lowest BCUT2D eigenvalue weighted by atomic mass is 10.0. The first-order valence-electron chi connectivity index (χ1n) is 6.34. The van der Waals surface area contributed by atoms with Crippen molar-refractivity contribution in [2.75, 3.05) is 6.54 Å². The Morgan fingerprint density at radius 1 is 1.35 bits per heavy atom. The Balaban J connectivity index is 2.50. The molecule has 0 aromatic heterocycles. The lowest BCUT2D eigenvalue weighted by Gasteiger charge is -2.16. The van der Waals surface area contributed by atoms with Gasteiger partial charge in [0, 0.05) is 10.5 Å². The summed E-state index contributed by atoms with van der Waals surface area (Å²) in [4.78, 5) is 0. The highest BCUT2D eigenvalue weighted by Crippen LogP contribution is 2.20. The largest absolute Gasteiger partial charge is 0.314 e. The molecule has 3 heteroatoms. The first kappa shape index (κ1) is 14.7. The summed E-state index contributed by atoms with van der Waals surface area (Å²) in [6.07, 6.45) is 4.24. The first-order valence-corrected chi connectivity index (χ1v) is 7.14. The number of aryl methyl sites for hydroxylation is 1. The minimum absolute atomic E-state index is 0.155. The van der Waals surface area contributed by atoms with Gasteiger partial charge in [-0.2, -0.15) is 0 Å². The molecule has 0 spiro atoms. The zero-order valence-electron chi connectivity index (χ0n) is 10.6. The van der Waals surface area contributed by atoms with Crippen LogP contribution in [0.1, 0.15) is 38.7 Å². The molecule has 0 aliphatic rings. The summed E-state index contributed by atoms with van der Waals surface area (Å²) in [6.45, 7) is 5.42. The molecule has 0 bridgehead atoms. The fourth-order valence-corrected chi connectivity index (χ4v) is 2.31. The first-order chi connectivity index (χ1) is 8.17. The fourth-order valence-electron chi connectivity index (χ4n) is 1.86. The highest BCUT2D eigenvalue weighted by Gasteiger charge is 2.07. The molecular formula is C14H21BrFN. The van der Waals surface area contributed by atoms with Gasteiger partial charge >= 0.3 is 0 Å². The Morgan fingerprint density at radius 2 is 2.12 bits per heavy atom. The summed E-state index contributed by atoms with van der Waals surface area (Å²) in [5.41, 5.74) is 1.06. The van der Waals surface area contributed by atoms with Crippen molar-refractivity contribution < 1.29 is 4.39 Å². The molecule has 1 aromatic rings. The van der Waals surface area contributed by atoms with Gasteiger partial charge in [-0.05, 0) is 56.0 Å². The van der Waals surface area contributed by atoms with Crippen LogP contribution >= 0.6 is 15.9 Å². The van der Waals surface area contributed by atoms with Crippen LogP contribution in [0.2, 0.25) is 0 Å². The summed E-state index contributed by atoms with van der Waals surface area (Å²) in [7, 11) is 0. The van der Waals surface area contributed by atoms with E-state index in [1.54, 1.807) is 12.1 Å². The number of hydrogen-bond acceptors (Lipinski definition) is 1. The van der Waals surface area contributed by atoms with Gasteiger partial charge in [-0.25, -0.2) is 4.39 Å². The second-order valence-corrected chi connectivity index (χ2v) is 5.19. The number of rotatable bonds is 7. The number of nitrogens with one attached hydrogen (secondary N) is 1. The van der Waals surface area contributed by atoms with E-state index in [0.717, 1.165) is 42.3 Å². The van der Waals surface area contributed by atoms with Crippen molar-refractivity contribution in [1.29, 1.82) is 0 Å². The van der Waals surface area contributed by atoms with Crippen LogP contribution in [-0.2, 0) is 6.42 Å². The third kappa shape index (κ3) is 5.17. The highest BCUT2D eigenvalue weighted by atomic mass is 79.9. The van der Waals surface area contributed by atoms with Crippen molar-refractivity contribution in [3.05, 3.63) is 34.1 Å². The molecule has 17 heavy (non-hydrogen) atoms. The molecule has 0 fully saturated rings. The lowest BCUT2D eigenvalue weighted by Crippen LogP contribution is -2.29. The molecule has 0 saturated carbocycles. The Hall–Kier alpha value is -0.410. The Bertz CT molecular complexity index is 341. The van der Waals surface area contributed by atoms with Gasteiger partial charge in [0.2, 0.25) is 0 Å². The van der Waals surface area contributed by atoms with E-state index >= 15 is 0 Å². The van der Waals surface area contributed by atoms with E-state index in [1.807, 2.05) is 0 Å². The zero-order chi connectivity index (χ0) is 12.7. The maximum atomic E-state index is 13.1. The second kappa shape index (κ2) is 7.83. The number of hydrogen-bond donors (Lipinski definition) is 1. The molecule has 0 saturated heterocycles. The summed E-state index contributed by atoms with van der Waals surface area (Å²) < 4.78 is 14.1. The van der Waals surface area contributed by atoms with Crippen LogP contribution in [0.15, 0.2) is 22.7 Å². The molecular weight excluding hydrogens is 281 g/mol. The predicted molar refractivity (Wildman–Crippen MR) is 74.8 cm³/mol. The molecule has 0 aliphatic carbocycles. The second-order valence-electron chi connectivity index (χ2n) is 4.33. The van der Waals surface area contributed by atoms with Crippen molar-refractivity contribution in [3.63, 3.8) is 0 Å². The van der Waals surface area contributed by atoms with Crippen LogP contribution in [0.3, 0.4) is 0 Å². The number of benzene rings is 1. The quantitative estimate of drug-likeness (QED) is 0.792. The van der Waals surface area contributed by atoms with Crippen molar-refractivity contribution in [2.45, 2.75) is 45.6 Å². The van der Waals surface area contributed by atoms with Gasteiger partial charge in [-0.3, -0.25) is 0 Å². The van der Waals surface area contributed by atoms with Gasteiger partial charge in [-0.15, -0.1) is 0 Å². The highest BCUT2D eigenvalue weighted by molar-refractivity contribution is 9.10. The van der Waals surface area contributed by atoms with Gasteiger partial charge in [0.15, 0.2) is 0 Å².